The largest absolute Gasteiger partial charge is 0.392 e. The number of nitrogens with one attached hydrogen (secondary N) is 2. The van der Waals surface area contributed by atoms with Gasteiger partial charge in [0.1, 0.15) is 0 Å². The van der Waals surface area contributed by atoms with Crippen molar-refractivity contribution >= 4 is 15.9 Å². The molecule has 0 unspecified atom stereocenters. The molecule has 0 aromatic carbocycles. The molecule has 3 aliphatic carbocycles. The molecule has 0 aromatic heterocycles. The molecule has 3 aliphatic rings. The molecule has 3 fully saturated rings. The van der Waals surface area contributed by atoms with Gasteiger partial charge in [-0.25, -0.2) is 13.1 Å². The van der Waals surface area contributed by atoms with Crippen molar-refractivity contribution in [3.63, 3.8) is 0 Å². The molecule has 168 valence electrons. The summed E-state index contributed by atoms with van der Waals surface area (Å²) in [7, 11) is -3.29. The van der Waals surface area contributed by atoms with E-state index >= 15 is 0 Å². The van der Waals surface area contributed by atoms with Gasteiger partial charge in [-0.1, -0.05) is 40.0 Å². The summed E-state index contributed by atoms with van der Waals surface area (Å²) in [6.07, 6.45) is 9.88. The summed E-state index contributed by atoms with van der Waals surface area (Å²) in [5.74, 6) is -0.198. The van der Waals surface area contributed by atoms with Crippen LogP contribution >= 0.6 is 0 Å². The van der Waals surface area contributed by atoms with E-state index in [0.29, 0.717) is 0 Å². The maximum absolute atomic E-state index is 12.9. The minimum Gasteiger partial charge on any atom is -0.392 e. The molecule has 7 heteroatoms. The van der Waals surface area contributed by atoms with Gasteiger partial charge in [0.2, 0.25) is 15.9 Å². The fourth-order valence-corrected chi connectivity index (χ4v) is 7.39. The summed E-state index contributed by atoms with van der Waals surface area (Å²) in [5.41, 5.74) is 0.00455. The Kier molecular flexibility index (Phi) is 7.01. The first-order chi connectivity index (χ1) is 13.5. The van der Waals surface area contributed by atoms with E-state index in [1.165, 1.54) is 25.5 Å². The lowest BCUT2D eigenvalue weighted by Crippen LogP contribution is -2.58. The molecule has 3 N–H and O–H groups in total. The smallest absolute Gasteiger partial charge is 0.223 e. The lowest BCUT2D eigenvalue weighted by Gasteiger charge is -2.56. The van der Waals surface area contributed by atoms with Gasteiger partial charge in [0, 0.05) is 18.0 Å². The summed E-state index contributed by atoms with van der Waals surface area (Å²) in [5, 5.41) is 14.6. The fraction of sp³-hybridized carbons (Fsp3) is 0.955. The fourth-order valence-electron chi connectivity index (χ4n) is 6.51. The van der Waals surface area contributed by atoms with Crippen LogP contribution in [-0.2, 0) is 14.8 Å². The van der Waals surface area contributed by atoms with Crippen molar-refractivity contribution in [2.45, 2.75) is 96.7 Å². The molecule has 6 nitrogen and oxygen atoms in total. The maximum Gasteiger partial charge on any atom is 0.223 e. The Balaban J connectivity index is 1.70. The molecule has 1 amide bonds. The Bertz CT molecular complexity index is 691. The van der Waals surface area contributed by atoms with Gasteiger partial charge >= 0.3 is 0 Å². The van der Waals surface area contributed by atoms with E-state index in [9.17, 15) is 18.3 Å². The molecule has 0 aromatic rings. The van der Waals surface area contributed by atoms with Crippen LogP contribution < -0.4 is 10.0 Å². The Labute approximate surface area is 176 Å². The number of aliphatic hydroxyl groups is 1. The van der Waals surface area contributed by atoms with Crippen LogP contribution in [0.3, 0.4) is 0 Å². The standard InChI is InChI=1S/C22H40N2O4S/c1-14(21(26)23-16-8-6-5-7-9-16)17-10-12-22(3)13-11-18(24-29(4,27)28)15(2)19(22)20(17)25/h14-20,24-25H,5-13H2,1-4H3,(H,23,26)/t14-,15+,17+,18-,19+,20-,22-/m0/s1. The highest BCUT2D eigenvalue weighted by atomic mass is 32.2. The number of fused-ring (bicyclic) bond motifs is 1. The van der Waals surface area contributed by atoms with Gasteiger partial charge in [-0.05, 0) is 61.7 Å². The third-order valence-corrected chi connectivity index (χ3v) is 8.99. The van der Waals surface area contributed by atoms with Crippen LogP contribution in [0.25, 0.3) is 0 Å². The van der Waals surface area contributed by atoms with Crippen LogP contribution in [0.1, 0.15) is 78.6 Å². The molecule has 3 saturated carbocycles. The molecule has 0 saturated heterocycles. The molecule has 3 rings (SSSR count). The SMILES string of the molecule is C[C@H]1[C@@H]2[C@@H](O)[C@@H]([C@H](C)C(=O)NC3CCCCC3)CC[C@@]2(C)CC[C@@H]1NS(C)(=O)=O. The zero-order chi connectivity index (χ0) is 21.4. The van der Waals surface area contributed by atoms with Crippen LogP contribution in [-0.4, -0.2) is 43.9 Å². The summed E-state index contributed by atoms with van der Waals surface area (Å²) in [6, 6.07) is 0.129. The second-order valence-corrected chi connectivity index (χ2v) is 12.2. The summed E-state index contributed by atoms with van der Waals surface area (Å²) in [4.78, 5) is 12.9. The molecular weight excluding hydrogens is 388 g/mol. The second-order valence-electron chi connectivity index (χ2n) is 10.4. The molecular formula is C22H40N2O4S. The van der Waals surface area contributed by atoms with E-state index in [1.54, 1.807) is 0 Å². The average Bonchev–Trinajstić information content (AvgIpc) is 2.64. The van der Waals surface area contributed by atoms with Gasteiger partial charge in [0.15, 0.2) is 0 Å². The first-order valence-electron chi connectivity index (χ1n) is 11.5. The molecule has 29 heavy (non-hydrogen) atoms. The molecule has 7 atom stereocenters. The summed E-state index contributed by atoms with van der Waals surface area (Å²) < 4.78 is 26.4. The van der Waals surface area contributed by atoms with Crippen molar-refractivity contribution in [1.29, 1.82) is 0 Å². The highest BCUT2D eigenvalue weighted by Crippen LogP contribution is 2.55. The van der Waals surface area contributed by atoms with E-state index in [2.05, 4.69) is 23.9 Å². The first kappa shape index (κ1) is 23.0. The third kappa shape index (κ3) is 5.16. The number of carbonyl (C=O) groups excluding carboxylic acids is 1. The summed E-state index contributed by atoms with van der Waals surface area (Å²) >= 11 is 0. The van der Waals surface area contributed by atoms with Gasteiger partial charge in [-0.15, -0.1) is 0 Å². The number of amides is 1. The van der Waals surface area contributed by atoms with Crippen LogP contribution in [0.5, 0.6) is 0 Å². The number of rotatable bonds is 5. The molecule has 0 radical (unpaired) electrons. The lowest BCUT2D eigenvalue weighted by atomic mass is 9.52. The minimum atomic E-state index is -3.29. The van der Waals surface area contributed by atoms with Crippen LogP contribution in [0, 0.1) is 29.1 Å². The Hall–Kier alpha value is -0.660. The van der Waals surface area contributed by atoms with Crippen molar-refractivity contribution in [3.05, 3.63) is 0 Å². The quantitative estimate of drug-likeness (QED) is 0.627. The monoisotopic (exact) mass is 428 g/mol. The number of carbonyl (C=O) groups is 1. The topological polar surface area (TPSA) is 95.5 Å². The van der Waals surface area contributed by atoms with Gasteiger partial charge in [-0.3, -0.25) is 4.79 Å². The molecule has 0 heterocycles. The van der Waals surface area contributed by atoms with Crippen molar-refractivity contribution < 1.29 is 18.3 Å². The minimum absolute atomic E-state index is 0.000759. The lowest BCUT2D eigenvalue weighted by molar-refractivity contribution is -0.142. The van der Waals surface area contributed by atoms with E-state index in [4.69, 9.17) is 0 Å². The van der Waals surface area contributed by atoms with E-state index in [1.807, 2.05) is 6.92 Å². The average molecular weight is 429 g/mol. The normalized spacial score (nSPS) is 40.1. The zero-order valence-electron chi connectivity index (χ0n) is 18.5. The van der Waals surface area contributed by atoms with Crippen LogP contribution in [0.2, 0.25) is 0 Å². The third-order valence-electron chi connectivity index (χ3n) is 8.26. The zero-order valence-corrected chi connectivity index (χ0v) is 19.3. The van der Waals surface area contributed by atoms with Crippen LogP contribution in [0.15, 0.2) is 0 Å². The van der Waals surface area contributed by atoms with Crippen LogP contribution in [0.4, 0.5) is 0 Å². The second kappa shape index (κ2) is 8.83. The summed E-state index contributed by atoms with van der Waals surface area (Å²) in [6.45, 7) is 6.24. The molecule has 0 spiro atoms. The van der Waals surface area contributed by atoms with Gasteiger partial charge in [0.05, 0.1) is 12.4 Å². The van der Waals surface area contributed by atoms with Gasteiger partial charge in [-0.2, -0.15) is 0 Å². The molecule has 0 bridgehead atoms. The van der Waals surface area contributed by atoms with Gasteiger partial charge < -0.3 is 10.4 Å². The first-order valence-corrected chi connectivity index (χ1v) is 13.4. The van der Waals surface area contributed by atoms with E-state index in [-0.39, 0.29) is 47.1 Å². The van der Waals surface area contributed by atoms with Crippen molar-refractivity contribution in [1.82, 2.24) is 10.0 Å². The van der Waals surface area contributed by atoms with Gasteiger partial charge in [0.25, 0.3) is 0 Å². The number of aliphatic hydroxyl groups excluding tert-OH is 1. The van der Waals surface area contributed by atoms with E-state index in [0.717, 1.165) is 38.5 Å². The highest BCUT2D eigenvalue weighted by Gasteiger charge is 2.54. The van der Waals surface area contributed by atoms with E-state index < -0.39 is 16.1 Å². The van der Waals surface area contributed by atoms with Crippen molar-refractivity contribution in [2.75, 3.05) is 6.26 Å². The Morgan fingerprint density at radius 2 is 1.72 bits per heavy atom. The van der Waals surface area contributed by atoms with Crippen molar-refractivity contribution in [2.24, 2.45) is 29.1 Å². The maximum atomic E-state index is 12.9. The Morgan fingerprint density at radius 3 is 2.34 bits per heavy atom. The molecule has 0 aliphatic heterocycles. The Morgan fingerprint density at radius 1 is 1.10 bits per heavy atom. The predicted octanol–water partition coefficient (Wildman–Crippen LogP) is 2.81. The predicted molar refractivity (Wildman–Crippen MR) is 115 cm³/mol. The number of sulfonamides is 1. The number of hydrogen-bond acceptors (Lipinski definition) is 4. The van der Waals surface area contributed by atoms with Crippen molar-refractivity contribution in [3.8, 4) is 0 Å². The number of hydrogen-bond donors (Lipinski definition) is 3. The highest BCUT2D eigenvalue weighted by molar-refractivity contribution is 7.88.